The Morgan fingerprint density at radius 2 is 2.14 bits per heavy atom. The SMILES string of the molecule is COC(=O)C1CCS(=O)(=O)N1Cc1cc(Cl)ccc1OC. The average molecular weight is 334 g/mol. The number of hydrogen-bond acceptors (Lipinski definition) is 5. The summed E-state index contributed by atoms with van der Waals surface area (Å²) in [5, 5.41) is 0.469. The first kappa shape index (κ1) is 16.1. The van der Waals surface area contributed by atoms with Crippen LogP contribution in [0.1, 0.15) is 12.0 Å². The van der Waals surface area contributed by atoms with Crippen LogP contribution in [0.25, 0.3) is 0 Å². The highest BCUT2D eigenvalue weighted by atomic mass is 35.5. The molecule has 0 radical (unpaired) electrons. The van der Waals surface area contributed by atoms with Gasteiger partial charge in [0.2, 0.25) is 10.0 Å². The standard InChI is InChI=1S/C13H16ClNO5S/c1-19-12-4-3-10(14)7-9(12)8-15-11(13(16)20-2)5-6-21(15,17)18/h3-4,7,11H,5-6,8H2,1-2H3. The molecule has 1 fully saturated rings. The van der Waals surface area contributed by atoms with E-state index in [1.807, 2.05) is 0 Å². The first-order valence-electron chi connectivity index (χ1n) is 6.29. The van der Waals surface area contributed by atoms with Gasteiger partial charge in [0, 0.05) is 17.1 Å². The molecule has 0 spiro atoms. The molecule has 0 aromatic heterocycles. The molecule has 1 saturated heterocycles. The second-order valence-corrected chi connectivity index (χ2v) is 7.12. The van der Waals surface area contributed by atoms with Crippen LogP contribution in [0.15, 0.2) is 18.2 Å². The van der Waals surface area contributed by atoms with Crippen molar-refractivity contribution < 1.29 is 22.7 Å². The van der Waals surface area contributed by atoms with Crippen molar-refractivity contribution >= 4 is 27.6 Å². The molecule has 8 heteroatoms. The van der Waals surface area contributed by atoms with Crippen LogP contribution in [0.3, 0.4) is 0 Å². The summed E-state index contributed by atoms with van der Waals surface area (Å²) in [4.78, 5) is 11.7. The maximum atomic E-state index is 12.1. The lowest BCUT2D eigenvalue weighted by Crippen LogP contribution is -2.38. The molecule has 1 atom stereocenters. The van der Waals surface area contributed by atoms with E-state index >= 15 is 0 Å². The normalized spacial score (nSPS) is 21.2. The molecule has 1 heterocycles. The third-order valence-corrected chi connectivity index (χ3v) is 5.48. The summed E-state index contributed by atoms with van der Waals surface area (Å²) in [7, 11) is -0.763. The number of esters is 1. The number of carbonyl (C=O) groups excluding carboxylic acids is 1. The molecule has 21 heavy (non-hydrogen) atoms. The highest BCUT2D eigenvalue weighted by Gasteiger charge is 2.42. The Hall–Kier alpha value is -1.31. The van der Waals surface area contributed by atoms with Gasteiger partial charge in [-0.2, -0.15) is 4.31 Å². The first-order chi connectivity index (χ1) is 9.89. The summed E-state index contributed by atoms with van der Waals surface area (Å²) in [6, 6.07) is 4.14. The van der Waals surface area contributed by atoms with Gasteiger partial charge in [-0.15, -0.1) is 0 Å². The Bertz CT molecular complexity index is 646. The van der Waals surface area contributed by atoms with Crippen molar-refractivity contribution in [2.24, 2.45) is 0 Å². The lowest BCUT2D eigenvalue weighted by atomic mass is 10.1. The van der Waals surface area contributed by atoms with Crippen molar-refractivity contribution in [2.75, 3.05) is 20.0 Å². The Labute approximate surface area is 128 Å². The van der Waals surface area contributed by atoms with E-state index in [-0.39, 0.29) is 18.7 Å². The molecule has 1 aromatic carbocycles. The monoisotopic (exact) mass is 333 g/mol. The molecule has 1 aliphatic heterocycles. The van der Waals surface area contributed by atoms with Gasteiger partial charge in [-0.3, -0.25) is 4.79 Å². The largest absolute Gasteiger partial charge is 0.496 e. The van der Waals surface area contributed by atoms with Crippen LogP contribution >= 0.6 is 11.6 Å². The lowest BCUT2D eigenvalue weighted by Gasteiger charge is -2.22. The lowest BCUT2D eigenvalue weighted by molar-refractivity contribution is -0.144. The molecule has 0 saturated carbocycles. The van der Waals surface area contributed by atoms with Gasteiger partial charge in [0.15, 0.2) is 0 Å². The second-order valence-electron chi connectivity index (χ2n) is 4.65. The van der Waals surface area contributed by atoms with Gasteiger partial charge in [-0.05, 0) is 24.6 Å². The number of halogens is 1. The van der Waals surface area contributed by atoms with Crippen molar-refractivity contribution in [2.45, 2.75) is 19.0 Å². The van der Waals surface area contributed by atoms with Crippen molar-refractivity contribution in [3.8, 4) is 5.75 Å². The van der Waals surface area contributed by atoms with E-state index in [0.29, 0.717) is 16.3 Å². The molecule has 1 aliphatic rings. The Kier molecular flexibility index (Phi) is 4.75. The van der Waals surface area contributed by atoms with E-state index in [0.717, 1.165) is 4.31 Å². The van der Waals surface area contributed by atoms with E-state index in [4.69, 9.17) is 16.3 Å². The summed E-state index contributed by atoms with van der Waals surface area (Å²) in [6.45, 7) is 0.0197. The van der Waals surface area contributed by atoms with E-state index in [1.165, 1.54) is 14.2 Å². The number of sulfonamides is 1. The zero-order chi connectivity index (χ0) is 15.6. The van der Waals surface area contributed by atoms with E-state index < -0.39 is 22.0 Å². The van der Waals surface area contributed by atoms with E-state index in [1.54, 1.807) is 18.2 Å². The zero-order valence-corrected chi connectivity index (χ0v) is 13.3. The molecule has 2 rings (SSSR count). The molecule has 6 nitrogen and oxygen atoms in total. The number of hydrogen-bond donors (Lipinski definition) is 0. The Morgan fingerprint density at radius 3 is 2.76 bits per heavy atom. The fourth-order valence-corrected chi connectivity index (χ4v) is 4.20. The number of ether oxygens (including phenoxy) is 2. The number of rotatable bonds is 4. The van der Waals surface area contributed by atoms with Crippen LogP contribution in [0, 0.1) is 0 Å². The van der Waals surface area contributed by atoms with E-state index in [9.17, 15) is 13.2 Å². The van der Waals surface area contributed by atoms with Crippen molar-refractivity contribution in [1.29, 1.82) is 0 Å². The molecule has 0 amide bonds. The fourth-order valence-electron chi connectivity index (χ4n) is 2.33. The maximum Gasteiger partial charge on any atom is 0.324 e. The first-order valence-corrected chi connectivity index (χ1v) is 8.27. The van der Waals surface area contributed by atoms with E-state index in [2.05, 4.69) is 4.74 Å². The summed E-state index contributed by atoms with van der Waals surface area (Å²) in [5.41, 5.74) is 0.601. The van der Waals surface area contributed by atoms with Crippen molar-refractivity contribution in [3.63, 3.8) is 0 Å². The molecular formula is C13H16ClNO5S. The third-order valence-electron chi connectivity index (χ3n) is 3.40. The molecule has 1 aromatic rings. The third kappa shape index (κ3) is 3.30. The predicted molar refractivity (Wildman–Crippen MR) is 77.8 cm³/mol. The highest BCUT2D eigenvalue weighted by molar-refractivity contribution is 7.89. The summed E-state index contributed by atoms with van der Waals surface area (Å²) < 4.78 is 35.3. The topological polar surface area (TPSA) is 72.9 Å². The number of benzene rings is 1. The quantitative estimate of drug-likeness (QED) is 0.779. The van der Waals surface area contributed by atoms with Gasteiger partial charge in [0.25, 0.3) is 0 Å². The van der Waals surface area contributed by atoms with Crippen LogP contribution in [-0.4, -0.2) is 44.7 Å². The summed E-state index contributed by atoms with van der Waals surface area (Å²) >= 11 is 5.94. The molecule has 0 N–H and O–H groups in total. The van der Waals surface area contributed by atoms with Crippen LogP contribution in [0.2, 0.25) is 5.02 Å². The fraction of sp³-hybridized carbons (Fsp3) is 0.462. The number of nitrogens with zero attached hydrogens (tertiary/aromatic N) is 1. The molecule has 0 bridgehead atoms. The minimum absolute atomic E-state index is 0.0197. The number of methoxy groups -OCH3 is 2. The minimum Gasteiger partial charge on any atom is -0.496 e. The Balaban J connectivity index is 2.35. The highest BCUT2D eigenvalue weighted by Crippen LogP contribution is 2.29. The van der Waals surface area contributed by atoms with Gasteiger partial charge >= 0.3 is 5.97 Å². The number of carbonyl (C=O) groups is 1. The van der Waals surface area contributed by atoms with Crippen LogP contribution in [0.4, 0.5) is 0 Å². The average Bonchev–Trinajstić information content (AvgIpc) is 2.74. The van der Waals surface area contributed by atoms with Gasteiger partial charge in [0.1, 0.15) is 11.8 Å². The van der Waals surface area contributed by atoms with Crippen molar-refractivity contribution in [3.05, 3.63) is 28.8 Å². The molecule has 0 aliphatic carbocycles. The summed E-state index contributed by atoms with van der Waals surface area (Å²) in [6.07, 6.45) is 0.220. The maximum absolute atomic E-state index is 12.1. The smallest absolute Gasteiger partial charge is 0.324 e. The predicted octanol–water partition coefficient (Wildman–Crippen LogP) is 1.43. The van der Waals surface area contributed by atoms with Gasteiger partial charge in [-0.25, -0.2) is 8.42 Å². The summed E-state index contributed by atoms with van der Waals surface area (Å²) in [5.74, 6) is -0.113. The van der Waals surface area contributed by atoms with Gasteiger partial charge in [0.05, 0.1) is 20.0 Å². The second kappa shape index (κ2) is 6.21. The van der Waals surface area contributed by atoms with Crippen molar-refractivity contribution in [1.82, 2.24) is 4.31 Å². The minimum atomic E-state index is -3.49. The van der Waals surface area contributed by atoms with Gasteiger partial charge < -0.3 is 9.47 Å². The molecule has 1 unspecified atom stereocenters. The molecule has 116 valence electrons. The van der Waals surface area contributed by atoms with Crippen LogP contribution in [0.5, 0.6) is 5.75 Å². The molecular weight excluding hydrogens is 318 g/mol. The van der Waals surface area contributed by atoms with Gasteiger partial charge in [-0.1, -0.05) is 11.6 Å². The zero-order valence-electron chi connectivity index (χ0n) is 11.7. The Morgan fingerprint density at radius 1 is 1.43 bits per heavy atom. The van der Waals surface area contributed by atoms with Crippen LogP contribution < -0.4 is 4.74 Å². The van der Waals surface area contributed by atoms with Crippen LogP contribution in [-0.2, 0) is 26.1 Å².